The Morgan fingerprint density at radius 2 is 1.81 bits per heavy atom. The van der Waals surface area contributed by atoms with Crippen molar-refractivity contribution in [3.8, 4) is 0 Å². The van der Waals surface area contributed by atoms with Crippen LogP contribution >= 0.6 is 11.8 Å². The van der Waals surface area contributed by atoms with Crippen molar-refractivity contribution in [2.45, 2.75) is 46.2 Å². The highest BCUT2D eigenvalue weighted by Crippen LogP contribution is 2.21. The molecule has 2 nitrogen and oxygen atoms in total. The molecule has 0 heterocycles. The second-order valence-corrected chi connectivity index (χ2v) is 7.02. The molecule has 0 spiro atoms. The van der Waals surface area contributed by atoms with Crippen molar-refractivity contribution < 1.29 is 0 Å². The first kappa shape index (κ1) is 18.5. The van der Waals surface area contributed by atoms with Gasteiger partial charge in [-0.1, -0.05) is 36.2 Å². The minimum Gasteiger partial charge on any atom is -0.310 e. The number of nitrogens with one attached hydrogen (secondary N) is 1. The number of benzene rings is 1. The summed E-state index contributed by atoms with van der Waals surface area (Å²) >= 11 is 1.93. The van der Waals surface area contributed by atoms with E-state index in [4.69, 9.17) is 0 Å². The van der Waals surface area contributed by atoms with Crippen LogP contribution in [0.4, 0.5) is 0 Å². The van der Waals surface area contributed by atoms with E-state index in [1.165, 1.54) is 22.4 Å². The Labute approximate surface area is 135 Å². The van der Waals surface area contributed by atoms with Gasteiger partial charge in [0.15, 0.2) is 0 Å². The predicted octanol–water partition coefficient (Wildman–Crippen LogP) is 4.03. The molecule has 1 aromatic carbocycles. The Kier molecular flexibility index (Phi) is 8.38. The fourth-order valence-electron chi connectivity index (χ4n) is 2.77. The van der Waals surface area contributed by atoms with E-state index in [9.17, 15) is 0 Å². The SMILES string of the molecule is CCNC(CCN(C)C(C)CSC)c1cc(C)cc(C)c1. The molecule has 0 amide bonds. The molecule has 0 aliphatic heterocycles. The van der Waals surface area contributed by atoms with Crippen LogP contribution in [-0.2, 0) is 0 Å². The van der Waals surface area contributed by atoms with Crippen molar-refractivity contribution >= 4 is 11.8 Å². The molecule has 0 bridgehead atoms. The topological polar surface area (TPSA) is 15.3 Å². The third-order valence-electron chi connectivity index (χ3n) is 4.03. The maximum atomic E-state index is 3.65. The highest BCUT2D eigenvalue weighted by atomic mass is 32.2. The molecule has 3 heteroatoms. The summed E-state index contributed by atoms with van der Waals surface area (Å²) in [4.78, 5) is 2.48. The molecule has 0 aliphatic rings. The van der Waals surface area contributed by atoms with Crippen molar-refractivity contribution in [2.75, 3.05) is 32.1 Å². The van der Waals surface area contributed by atoms with Gasteiger partial charge in [0.1, 0.15) is 0 Å². The lowest BCUT2D eigenvalue weighted by Gasteiger charge is -2.27. The monoisotopic (exact) mass is 308 g/mol. The lowest BCUT2D eigenvalue weighted by Crippen LogP contribution is -2.34. The quantitative estimate of drug-likeness (QED) is 0.741. The summed E-state index contributed by atoms with van der Waals surface area (Å²) in [7, 11) is 2.24. The number of nitrogens with zero attached hydrogens (tertiary/aromatic N) is 1. The molecule has 1 rings (SSSR count). The summed E-state index contributed by atoms with van der Waals surface area (Å²) in [5.41, 5.74) is 4.15. The number of hydrogen-bond acceptors (Lipinski definition) is 3. The summed E-state index contributed by atoms with van der Waals surface area (Å²) in [5.74, 6) is 1.20. The fraction of sp³-hybridized carbons (Fsp3) is 0.667. The largest absolute Gasteiger partial charge is 0.310 e. The summed E-state index contributed by atoms with van der Waals surface area (Å²) in [6.45, 7) is 11.0. The lowest BCUT2D eigenvalue weighted by molar-refractivity contribution is 0.260. The van der Waals surface area contributed by atoms with E-state index in [0.29, 0.717) is 12.1 Å². The van der Waals surface area contributed by atoms with Gasteiger partial charge < -0.3 is 10.2 Å². The van der Waals surface area contributed by atoms with Crippen molar-refractivity contribution in [2.24, 2.45) is 0 Å². The molecule has 0 aromatic heterocycles. The highest BCUT2D eigenvalue weighted by Gasteiger charge is 2.14. The van der Waals surface area contributed by atoms with E-state index < -0.39 is 0 Å². The zero-order chi connectivity index (χ0) is 15.8. The summed E-state index contributed by atoms with van der Waals surface area (Å²) in [5, 5.41) is 3.65. The number of aryl methyl sites for hydroxylation is 2. The van der Waals surface area contributed by atoms with Crippen LogP contribution in [-0.4, -0.2) is 43.1 Å². The Balaban J connectivity index is 2.69. The molecular formula is C18H32N2S. The van der Waals surface area contributed by atoms with E-state index >= 15 is 0 Å². The smallest absolute Gasteiger partial charge is 0.0332 e. The summed E-state index contributed by atoms with van der Waals surface area (Å²) in [6, 6.07) is 8.00. The minimum absolute atomic E-state index is 0.456. The molecule has 120 valence electrons. The summed E-state index contributed by atoms with van der Waals surface area (Å²) in [6.07, 6.45) is 3.34. The number of rotatable bonds is 9. The normalized spacial score (nSPS) is 14.4. The Bertz CT molecular complexity index is 399. The van der Waals surface area contributed by atoms with Crippen LogP contribution in [0.15, 0.2) is 18.2 Å². The first-order valence-electron chi connectivity index (χ1n) is 7.98. The van der Waals surface area contributed by atoms with Gasteiger partial charge in [0.05, 0.1) is 0 Å². The van der Waals surface area contributed by atoms with Crippen LogP contribution in [0, 0.1) is 13.8 Å². The van der Waals surface area contributed by atoms with Crippen molar-refractivity contribution in [3.63, 3.8) is 0 Å². The predicted molar refractivity (Wildman–Crippen MR) is 97.4 cm³/mol. The van der Waals surface area contributed by atoms with Crippen LogP contribution in [0.2, 0.25) is 0 Å². The zero-order valence-electron chi connectivity index (χ0n) is 14.6. The fourth-order valence-corrected chi connectivity index (χ4v) is 3.50. The molecule has 2 unspecified atom stereocenters. The summed E-state index contributed by atoms with van der Waals surface area (Å²) < 4.78 is 0. The molecule has 0 aliphatic carbocycles. The van der Waals surface area contributed by atoms with E-state index in [1.54, 1.807) is 0 Å². The standard InChI is InChI=1S/C18H32N2S/c1-7-19-18(8-9-20(5)16(4)13-21-6)17-11-14(2)10-15(3)12-17/h10-12,16,18-19H,7-9,13H2,1-6H3. The maximum Gasteiger partial charge on any atom is 0.0332 e. The third kappa shape index (κ3) is 6.41. The van der Waals surface area contributed by atoms with Crippen molar-refractivity contribution in [1.82, 2.24) is 10.2 Å². The Hall–Kier alpha value is -0.510. The molecule has 1 N–H and O–H groups in total. The van der Waals surface area contributed by atoms with Crippen LogP contribution in [0.3, 0.4) is 0 Å². The van der Waals surface area contributed by atoms with Gasteiger partial charge in [0.25, 0.3) is 0 Å². The van der Waals surface area contributed by atoms with E-state index in [-0.39, 0.29) is 0 Å². The second-order valence-electron chi connectivity index (χ2n) is 6.10. The van der Waals surface area contributed by atoms with Gasteiger partial charge in [-0.2, -0.15) is 11.8 Å². The van der Waals surface area contributed by atoms with Gasteiger partial charge in [-0.25, -0.2) is 0 Å². The van der Waals surface area contributed by atoms with Gasteiger partial charge in [-0.05, 0) is 59.1 Å². The second kappa shape index (κ2) is 9.50. The molecule has 21 heavy (non-hydrogen) atoms. The van der Waals surface area contributed by atoms with Crippen molar-refractivity contribution in [3.05, 3.63) is 34.9 Å². The average molecular weight is 309 g/mol. The first-order valence-corrected chi connectivity index (χ1v) is 9.38. The molecule has 0 radical (unpaired) electrons. The van der Waals surface area contributed by atoms with Gasteiger partial charge in [-0.3, -0.25) is 0 Å². The van der Waals surface area contributed by atoms with E-state index in [1.807, 2.05) is 11.8 Å². The van der Waals surface area contributed by atoms with E-state index in [0.717, 1.165) is 19.5 Å². The highest BCUT2D eigenvalue weighted by molar-refractivity contribution is 7.98. The lowest BCUT2D eigenvalue weighted by atomic mass is 9.98. The minimum atomic E-state index is 0.456. The zero-order valence-corrected chi connectivity index (χ0v) is 15.4. The molecule has 2 atom stereocenters. The van der Waals surface area contributed by atoms with Gasteiger partial charge >= 0.3 is 0 Å². The number of thioether (sulfide) groups is 1. The third-order valence-corrected chi connectivity index (χ3v) is 4.84. The van der Waals surface area contributed by atoms with Gasteiger partial charge in [0.2, 0.25) is 0 Å². The number of hydrogen-bond donors (Lipinski definition) is 1. The Morgan fingerprint density at radius 3 is 2.33 bits per heavy atom. The molecule has 0 saturated heterocycles. The van der Waals surface area contributed by atoms with Gasteiger partial charge in [0, 0.05) is 17.8 Å². The molecular weight excluding hydrogens is 276 g/mol. The molecule has 0 fully saturated rings. The van der Waals surface area contributed by atoms with Gasteiger partial charge in [-0.15, -0.1) is 0 Å². The Morgan fingerprint density at radius 1 is 1.19 bits per heavy atom. The first-order chi connectivity index (χ1) is 9.97. The molecule has 0 saturated carbocycles. The molecule has 1 aromatic rings. The average Bonchev–Trinajstić information content (AvgIpc) is 2.42. The van der Waals surface area contributed by atoms with Crippen LogP contribution in [0.1, 0.15) is 43.0 Å². The van der Waals surface area contributed by atoms with Crippen molar-refractivity contribution in [1.29, 1.82) is 0 Å². The van der Waals surface area contributed by atoms with Crippen LogP contribution < -0.4 is 5.32 Å². The maximum absolute atomic E-state index is 3.65. The van der Waals surface area contributed by atoms with Crippen LogP contribution in [0.5, 0.6) is 0 Å². The van der Waals surface area contributed by atoms with Crippen LogP contribution in [0.25, 0.3) is 0 Å². The van der Waals surface area contributed by atoms with E-state index in [2.05, 4.69) is 69.4 Å².